The highest BCUT2D eigenvalue weighted by Gasteiger charge is 2.30. The van der Waals surface area contributed by atoms with E-state index in [1.165, 1.54) is 12.1 Å². The number of aryl methyl sites for hydroxylation is 1. The van der Waals surface area contributed by atoms with Crippen molar-refractivity contribution in [1.29, 1.82) is 0 Å². The minimum absolute atomic E-state index is 0.205. The number of halogens is 4. The summed E-state index contributed by atoms with van der Waals surface area (Å²) in [7, 11) is 0. The van der Waals surface area contributed by atoms with E-state index in [1.807, 2.05) is 18.2 Å². The van der Waals surface area contributed by atoms with Crippen LogP contribution in [0.15, 0.2) is 54.6 Å². The molecule has 3 aromatic rings. The lowest BCUT2D eigenvalue weighted by molar-refractivity contribution is -0.137. The number of benzene rings is 2. The first kappa shape index (κ1) is 19.0. The van der Waals surface area contributed by atoms with Crippen molar-refractivity contribution in [2.45, 2.75) is 19.6 Å². The largest absolute Gasteiger partial charge is 0.416 e. The number of rotatable bonds is 5. The molecule has 0 unspecified atom stereocenters. The van der Waals surface area contributed by atoms with Crippen LogP contribution >= 0.6 is 11.6 Å². The quantitative estimate of drug-likeness (QED) is 0.575. The van der Waals surface area contributed by atoms with Gasteiger partial charge in [-0.1, -0.05) is 35.9 Å². The van der Waals surface area contributed by atoms with Gasteiger partial charge in [0, 0.05) is 29.0 Å². The van der Waals surface area contributed by atoms with Crippen molar-refractivity contribution in [2.24, 2.45) is 0 Å². The number of nitrogens with one attached hydrogen (secondary N) is 2. The number of alkyl halides is 3. The number of hydrogen-bond acceptors (Lipinski definition) is 4. The molecule has 1 heterocycles. The zero-order chi connectivity index (χ0) is 19.4. The molecule has 2 N–H and O–H groups in total. The summed E-state index contributed by atoms with van der Waals surface area (Å²) in [6.07, 6.45) is -4.41. The van der Waals surface area contributed by atoms with Crippen LogP contribution in [0.1, 0.15) is 16.8 Å². The van der Waals surface area contributed by atoms with Crippen molar-refractivity contribution >= 4 is 29.1 Å². The first-order chi connectivity index (χ1) is 12.8. The summed E-state index contributed by atoms with van der Waals surface area (Å²) in [5.41, 5.74) is 1.09. The molecule has 4 nitrogen and oxygen atoms in total. The zero-order valence-electron chi connectivity index (χ0n) is 14.3. The third-order valence-corrected chi connectivity index (χ3v) is 4.09. The van der Waals surface area contributed by atoms with E-state index >= 15 is 0 Å². The maximum atomic E-state index is 12.8. The predicted octanol–water partition coefficient (Wildman–Crippen LogP) is 5.81. The molecule has 0 aliphatic heterocycles. The third-order valence-electron chi connectivity index (χ3n) is 3.72. The Balaban J connectivity index is 1.77. The van der Waals surface area contributed by atoms with E-state index in [9.17, 15) is 13.2 Å². The fourth-order valence-electron chi connectivity index (χ4n) is 2.44. The summed E-state index contributed by atoms with van der Waals surface area (Å²) in [5.74, 6) is 0.743. The molecule has 0 bridgehead atoms. The van der Waals surface area contributed by atoms with Crippen LogP contribution < -0.4 is 10.6 Å². The highest BCUT2D eigenvalue weighted by atomic mass is 35.5. The summed E-state index contributed by atoms with van der Waals surface area (Å²) < 4.78 is 38.5. The minimum atomic E-state index is -4.41. The molecule has 3 rings (SSSR count). The fraction of sp³-hybridized carbons (Fsp3) is 0.158. The Kier molecular flexibility index (Phi) is 5.51. The van der Waals surface area contributed by atoms with Gasteiger partial charge in [-0.25, -0.2) is 4.98 Å². The Bertz CT molecular complexity index is 944. The maximum Gasteiger partial charge on any atom is 0.416 e. The van der Waals surface area contributed by atoms with Crippen LogP contribution in [0.25, 0.3) is 0 Å². The third kappa shape index (κ3) is 5.10. The smallest absolute Gasteiger partial charge is 0.366 e. The summed E-state index contributed by atoms with van der Waals surface area (Å²) in [6.45, 7) is 2.23. The van der Waals surface area contributed by atoms with Gasteiger partial charge in [-0.2, -0.15) is 18.2 Å². The lowest BCUT2D eigenvalue weighted by Crippen LogP contribution is -2.07. The van der Waals surface area contributed by atoms with Crippen LogP contribution in [0.3, 0.4) is 0 Å². The van der Waals surface area contributed by atoms with Crippen molar-refractivity contribution in [2.75, 3.05) is 10.6 Å². The molecule has 0 amide bonds. The molecule has 0 fully saturated rings. The first-order valence-corrected chi connectivity index (χ1v) is 8.46. The molecule has 0 saturated heterocycles. The summed E-state index contributed by atoms with van der Waals surface area (Å²) in [4.78, 5) is 8.53. The molecule has 0 aliphatic carbocycles. The monoisotopic (exact) mass is 392 g/mol. The average molecular weight is 393 g/mol. The van der Waals surface area contributed by atoms with Gasteiger partial charge in [-0.05, 0) is 36.8 Å². The number of nitrogens with zero attached hydrogens (tertiary/aromatic N) is 2. The zero-order valence-corrected chi connectivity index (χ0v) is 15.1. The normalized spacial score (nSPS) is 11.3. The van der Waals surface area contributed by atoms with Gasteiger partial charge in [0.15, 0.2) is 0 Å². The molecule has 0 spiro atoms. The molecular formula is C19H16ClF3N4. The maximum absolute atomic E-state index is 12.8. The second-order valence-electron chi connectivity index (χ2n) is 5.87. The fourth-order valence-corrected chi connectivity index (χ4v) is 2.65. The number of aromatic nitrogens is 2. The predicted molar refractivity (Wildman–Crippen MR) is 100 cm³/mol. The van der Waals surface area contributed by atoms with Crippen molar-refractivity contribution in [1.82, 2.24) is 9.97 Å². The van der Waals surface area contributed by atoms with Crippen LogP contribution in [0.4, 0.5) is 30.6 Å². The van der Waals surface area contributed by atoms with E-state index in [-0.39, 0.29) is 11.6 Å². The van der Waals surface area contributed by atoms with E-state index in [2.05, 4.69) is 20.6 Å². The Morgan fingerprint density at radius 1 is 1.00 bits per heavy atom. The van der Waals surface area contributed by atoms with Crippen LogP contribution in [-0.2, 0) is 12.7 Å². The minimum Gasteiger partial charge on any atom is -0.366 e. The molecule has 0 radical (unpaired) electrons. The summed E-state index contributed by atoms with van der Waals surface area (Å²) >= 11 is 6.13. The van der Waals surface area contributed by atoms with Crippen LogP contribution in [0.2, 0.25) is 5.02 Å². The average Bonchev–Trinajstić information content (AvgIpc) is 2.60. The molecule has 140 valence electrons. The van der Waals surface area contributed by atoms with Gasteiger partial charge < -0.3 is 10.6 Å². The van der Waals surface area contributed by atoms with E-state index in [0.717, 1.165) is 17.7 Å². The summed E-state index contributed by atoms with van der Waals surface area (Å²) in [5, 5.41) is 6.60. The molecule has 1 aromatic heterocycles. The molecule has 0 saturated carbocycles. The van der Waals surface area contributed by atoms with Crippen LogP contribution in [-0.4, -0.2) is 9.97 Å². The molecular weight excluding hydrogens is 377 g/mol. The van der Waals surface area contributed by atoms with Gasteiger partial charge in [0.1, 0.15) is 5.82 Å². The highest BCUT2D eigenvalue weighted by Crippen LogP contribution is 2.31. The van der Waals surface area contributed by atoms with Gasteiger partial charge in [0.25, 0.3) is 0 Å². The Morgan fingerprint density at radius 2 is 1.78 bits per heavy atom. The van der Waals surface area contributed by atoms with E-state index in [0.29, 0.717) is 23.1 Å². The molecule has 0 atom stereocenters. The van der Waals surface area contributed by atoms with Gasteiger partial charge >= 0.3 is 6.18 Å². The molecule has 8 heteroatoms. The van der Waals surface area contributed by atoms with Gasteiger partial charge in [0.2, 0.25) is 5.95 Å². The van der Waals surface area contributed by atoms with Gasteiger partial charge in [-0.15, -0.1) is 0 Å². The SMILES string of the molecule is Cc1cc(NCc2ccccc2Cl)nc(Nc2cccc(C(F)(F)F)c2)n1. The Morgan fingerprint density at radius 3 is 2.52 bits per heavy atom. The van der Waals surface area contributed by atoms with Crippen LogP contribution in [0.5, 0.6) is 0 Å². The van der Waals surface area contributed by atoms with Crippen molar-refractivity contribution in [3.63, 3.8) is 0 Å². The lowest BCUT2D eigenvalue weighted by Gasteiger charge is -2.12. The van der Waals surface area contributed by atoms with Crippen molar-refractivity contribution in [3.8, 4) is 0 Å². The second kappa shape index (κ2) is 7.84. The number of anilines is 3. The Hall–Kier alpha value is -2.80. The van der Waals surface area contributed by atoms with E-state index < -0.39 is 11.7 Å². The van der Waals surface area contributed by atoms with E-state index in [4.69, 9.17) is 11.6 Å². The Labute approximate surface area is 159 Å². The standard InChI is InChI=1S/C19H16ClF3N4/c1-12-9-17(24-11-13-5-2-3-8-16(13)20)27-18(25-12)26-15-7-4-6-14(10-15)19(21,22)23/h2-10H,11H2,1H3,(H2,24,25,26,27). The lowest BCUT2D eigenvalue weighted by atomic mass is 10.2. The van der Waals surface area contributed by atoms with Crippen molar-refractivity contribution < 1.29 is 13.2 Å². The molecule has 2 aromatic carbocycles. The molecule has 0 aliphatic rings. The van der Waals surface area contributed by atoms with Crippen LogP contribution in [0, 0.1) is 6.92 Å². The first-order valence-electron chi connectivity index (χ1n) is 8.08. The number of hydrogen-bond donors (Lipinski definition) is 2. The topological polar surface area (TPSA) is 49.8 Å². The second-order valence-corrected chi connectivity index (χ2v) is 6.27. The summed E-state index contributed by atoms with van der Waals surface area (Å²) in [6, 6.07) is 14.0. The van der Waals surface area contributed by atoms with Crippen molar-refractivity contribution in [3.05, 3.63) is 76.4 Å². The van der Waals surface area contributed by atoms with Gasteiger partial charge in [-0.3, -0.25) is 0 Å². The highest BCUT2D eigenvalue weighted by molar-refractivity contribution is 6.31. The van der Waals surface area contributed by atoms with E-state index in [1.54, 1.807) is 19.1 Å². The molecule has 27 heavy (non-hydrogen) atoms. The van der Waals surface area contributed by atoms with Gasteiger partial charge in [0.05, 0.1) is 5.56 Å².